The molecule has 5 nitrogen and oxygen atoms in total. The van der Waals surface area contributed by atoms with Gasteiger partial charge in [-0.3, -0.25) is 4.79 Å². The Morgan fingerprint density at radius 3 is 2.65 bits per heavy atom. The molecule has 0 aliphatic heterocycles. The van der Waals surface area contributed by atoms with E-state index in [2.05, 4.69) is 34.7 Å². The molecule has 0 spiro atoms. The monoisotopic (exact) mass is 308 g/mol. The Morgan fingerprint density at radius 2 is 1.87 bits per heavy atom. The van der Waals surface area contributed by atoms with Crippen molar-refractivity contribution < 1.29 is 4.79 Å². The van der Waals surface area contributed by atoms with E-state index in [0.29, 0.717) is 12.5 Å². The van der Waals surface area contributed by atoms with Gasteiger partial charge in [-0.05, 0) is 24.1 Å². The van der Waals surface area contributed by atoms with Gasteiger partial charge >= 0.3 is 0 Å². The van der Waals surface area contributed by atoms with Crippen molar-refractivity contribution in [3.05, 3.63) is 60.2 Å². The molecule has 1 aromatic heterocycles. The molecule has 23 heavy (non-hydrogen) atoms. The third-order valence-corrected chi connectivity index (χ3v) is 4.02. The van der Waals surface area contributed by atoms with Gasteiger partial charge in [0.25, 0.3) is 0 Å². The molecule has 0 bridgehead atoms. The maximum Gasteiger partial charge on any atom is 0.241 e. The normalized spacial score (nSPS) is 12.2. The quantitative estimate of drug-likeness (QED) is 0.761. The highest BCUT2D eigenvalue weighted by Crippen LogP contribution is 2.18. The number of hydrogen-bond donors (Lipinski definition) is 1. The third kappa shape index (κ3) is 3.56. The molecule has 1 amide bonds. The van der Waals surface area contributed by atoms with Crippen molar-refractivity contribution in [1.82, 2.24) is 20.3 Å². The molecule has 1 atom stereocenters. The summed E-state index contributed by atoms with van der Waals surface area (Å²) in [5.41, 5.74) is 2.93. The number of para-hydroxylation sites is 1. The van der Waals surface area contributed by atoms with E-state index in [1.54, 1.807) is 4.68 Å². The van der Waals surface area contributed by atoms with Gasteiger partial charge in [0.15, 0.2) is 0 Å². The minimum Gasteiger partial charge on any atom is -0.354 e. The van der Waals surface area contributed by atoms with Crippen molar-refractivity contribution in [1.29, 1.82) is 0 Å². The molecule has 0 saturated carbocycles. The maximum atomic E-state index is 12.2. The lowest BCUT2D eigenvalue weighted by Crippen LogP contribution is -2.31. The molecule has 0 fully saturated rings. The van der Waals surface area contributed by atoms with Crippen molar-refractivity contribution in [2.45, 2.75) is 25.8 Å². The minimum absolute atomic E-state index is 0.0463. The van der Waals surface area contributed by atoms with Crippen LogP contribution in [0, 0.1) is 0 Å². The summed E-state index contributed by atoms with van der Waals surface area (Å²) in [6.07, 6.45) is 0.983. The van der Waals surface area contributed by atoms with Gasteiger partial charge in [0.05, 0.1) is 5.52 Å². The predicted molar refractivity (Wildman–Crippen MR) is 90.0 cm³/mol. The number of nitrogens with one attached hydrogen (secondary N) is 1. The number of fused-ring (bicyclic) bond motifs is 1. The zero-order chi connectivity index (χ0) is 16.1. The molecule has 1 unspecified atom stereocenters. The van der Waals surface area contributed by atoms with Crippen LogP contribution in [0.5, 0.6) is 0 Å². The van der Waals surface area contributed by atoms with Gasteiger partial charge in [-0.2, -0.15) is 0 Å². The van der Waals surface area contributed by atoms with Crippen molar-refractivity contribution in [2.75, 3.05) is 6.54 Å². The molecule has 0 aliphatic rings. The number of carbonyl (C=O) groups excluding carboxylic acids is 1. The Kier molecular flexibility index (Phi) is 4.66. The first-order valence-electron chi connectivity index (χ1n) is 7.87. The number of amides is 1. The zero-order valence-corrected chi connectivity index (χ0v) is 13.1. The average molecular weight is 308 g/mol. The maximum absolute atomic E-state index is 12.2. The van der Waals surface area contributed by atoms with Gasteiger partial charge in [0.1, 0.15) is 12.1 Å². The largest absolute Gasteiger partial charge is 0.354 e. The highest BCUT2D eigenvalue weighted by molar-refractivity contribution is 5.79. The van der Waals surface area contributed by atoms with Crippen LogP contribution in [0.25, 0.3) is 11.0 Å². The molecular weight excluding hydrogens is 288 g/mol. The summed E-state index contributed by atoms with van der Waals surface area (Å²) in [6.45, 7) is 2.95. The summed E-state index contributed by atoms with van der Waals surface area (Å²) in [4.78, 5) is 12.2. The standard InChI is InChI=1S/C18H20N4O/c1-2-14(15-8-4-3-5-9-15)12-19-18(23)13-22-17-11-7-6-10-16(17)20-21-22/h3-11,14H,2,12-13H2,1H3,(H,19,23). The van der Waals surface area contributed by atoms with Crippen molar-refractivity contribution in [3.8, 4) is 0 Å². The number of rotatable bonds is 6. The molecule has 2 aromatic carbocycles. The lowest BCUT2D eigenvalue weighted by atomic mass is 9.96. The van der Waals surface area contributed by atoms with Crippen LogP contribution >= 0.6 is 0 Å². The molecule has 118 valence electrons. The molecule has 0 aliphatic carbocycles. The minimum atomic E-state index is -0.0463. The van der Waals surface area contributed by atoms with Crippen LogP contribution in [0.4, 0.5) is 0 Å². The van der Waals surface area contributed by atoms with E-state index in [1.165, 1.54) is 5.56 Å². The second kappa shape index (κ2) is 7.05. The number of benzene rings is 2. The smallest absolute Gasteiger partial charge is 0.241 e. The summed E-state index contributed by atoms with van der Waals surface area (Å²) in [5.74, 6) is 0.280. The van der Waals surface area contributed by atoms with Crippen LogP contribution in [0.3, 0.4) is 0 Å². The van der Waals surface area contributed by atoms with Gasteiger partial charge < -0.3 is 5.32 Å². The molecule has 0 saturated heterocycles. The third-order valence-electron chi connectivity index (χ3n) is 4.02. The summed E-state index contributed by atoms with van der Waals surface area (Å²) >= 11 is 0. The first-order chi connectivity index (χ1) is 11.3. The molecule has 3 aromatic rings. The Morgan fingerprint density at radius 1 is 1.13 bits per heavy atom. The zero-order valence-electron chi connectivity index (χ0n) is 13.1. The topological polar surface area (TPSA) is 59.8 Å². The van der Waals surface area contributed by atoms with E-state index in [9.17, 15) is 4.79 Å². The number of hydrogen-bond acceptors (Lipinski definition) is 3. The van der Waals surface area contributed by atoms with E-state index in [1.807, 2.05) is 42.5 Å². The Hall–Kier alpha value is -2.69. The Bertz CT molecular complexity index is 782. The van der Waals surface area contributed by atoms with Gasteiger partial charge in [-0.1, -0.05) is 54.6 Å². The SMILES string of the molecule is CCC(CNC(=O)Cn1nnc2ccccc21)c1ccccc1. The molecule has 5 heteroatoms. The van der Waals surface area contributed by atoms with Crippen LogP contribution < -0.4 is 5.32 Å². The molecule has 1 N–H and O–H groups in total. The lowest BCUT2D eigenvalue weighted by molar-refractivity contribution is -0.121. The predicted octanol–water partition coefficient (Wildman–Crippen LogP) is 2.74. The van der Waals surface area contributed by atoms with Gasteiger partial charge in [0.2, 0.25) is 5.91 Å². The van der Waals surface area contributed by atoms with Crippen molar-refractivity contribution in [3.63, 3.8) is 0 Å². The van der Waals surface area contributed by atoms with E-state index in [0.717, 1.165) is 17.5 Å². The van der Waals surface area contributed by atoms with Crippen molar-refractivity contribution in [2.24, 2.45) is 0 Å². The highest BCUT2D eigenvalue weighted by Gasteiger charge is 2.12. The summed E-state index contributed by atoms with van der Waals surface area (Å²) in [7, 11) is 0. The number of nitrogens with zero attached hydrogens (tertiary/aromatic N) is 3. The van der Waals surface area contributed by atoms with Crippen LogP contribution in [0.2, 0.25) is 0 Å². The van der Waals surface area contributed by atoms with E-state index < -0.39 is 0 Å². The second-order valence-corrected chi connectivity index (χ2v) is 5.56. The fourth-order valence-electron chi connectivity index (χ4n) is 2.69. The van der Waals surface area contributed by atoms with E-state index >= 15 is 0 Å². The number of carbonyl (C=O) groups is 1. The molecule has 0 radical (unpaired) electrons. The van der Waals surface area contributed by atoms with E-state index in [4.69, 9.17) is 0 Å². The first-order valence-corrected chi connectivity index (χ1v) is 7.87. The number of aromatic nitrogens is 3. The Balaban J connectivity index is 1.61. The Labute approximate surface area is 135 Å². The molecule has 3 rings (SSSR count). The van der Waals surface area contributed by atoms with Gasteiger partial charge in [-0.15, -0.1) is 5.10 Å². The fraction of sp³-hybridized carbons (Fsp3) is 0.278. The van der Waals surface area contributed by atoms with Crippen LogP contribution in [0.15, 0.2) is 54.6 Å². The van der Waals surface area contributed by atoms with Crippen LogP contribution in [-0.4, -0.2) is 27.4 Å². The van der Waals surface area contributed by atoms with E-state index in [-0.39, 0.29) is 12.5 Å². The highest BCUT2D eigenvalue weighted by atomic mass is 16.2. The summed E-state index contributed by atoms with van der Waals surface area (Å²) < 4.78 is 1.63. The van der Waals surface area contributed by atoms with Crippen LogP contribution in [0.1, 0.15) is 24.8 Å². The summed E-state index contributed by atoms with van der Waals surface area (Å²) in [5, 5.41) is 11.1. The van der Waals surface area contributed by atoms with Crippen molar-refractivity contribution >= 4 is 16.9 Å². The fourth-order valence-corrected chi connectivity index (χ4v) is 2.69. The first kappa shape index (κ1) is 15.2. The van der Waals surface area contributed by atoms with Crippen LogP contribution in [-0.2, 0) is 11.3 Å². The van der Waals surface area contributed by atoms with Gasteiger partial charge in [-0.25, -0.2) is 4.68 Å². The summed E-state index contributed by atoms with van der Waals surface area (Å²) in [6, 6.07) is 17.9. The second-order valence-electron chi connectivity index (χ2n) is 5.56. The molecular formula is C18H20N4O. The van der Waals surface area contributed by atoms with Gasteiger partial charge in [0, 0.05) is 12.5 Å². The molecule has 1 heterocycles. The average Bonchev–Trinajstić information content (AvgIpc) is 2.99. The lowest BCUT2D eigenvalue weighted by Gasteiger charge is -2.16.